The molecule has 1 atom stereocenters. The number of carbonyl (C=O) groups is 1. The van der Waals surface area contributed by atoms with Crippen LogP contribution < -0.4 is 4.72 Å². The van der Waals surface area contributed by atoms with Crippen molar-refractivity contribution in [2.75, 3.05) is 6.54 Å². The zero-order chi connectivity index (χ0) is 17.0. The molecule has 122 valence electrons. The highest BCUT2D eigenvalue weighted by Gasteiger charge is 2.23. The third kappa shape index (κ3) is 4.37. The molecule has 0 aliphatic heterocycles. The second-order valence-electron chi connectivity index (χ2n) is 5.12. The lowest BCUT2D eigenvalue weighted by molar-refractivity contribution is -0.138. The molecule has 0 bridgehead atoms. The van der Waals surface area contributed by atoms with E-state index >= 15 is 0 Å². The molecule has 2 aromatic carbocycles. The van der Waals surface area contributed by atoms with E-state index in [1.807, 2.05) is 0 Å². The second-order valence-corrected chi connectivity index (χ2v) is 6.88. The summed E-state index contributed by atoms with van der Waals surface area (Å²) in [7, 11) is -4.00. The molecule has 0 fully saturated rings. The van der Waals surface area contributed by atoms with Crippen molar-refractivity contribution in [3.05, 3.63) is 65.5 Å². The number of nitrogens with one attached hydrogen (secondary N) is 1. The Morgan fingerprint density at radius 3 is 2.43 bits per heavy atom. The summed E-state index contributed by atoms with van der Waals surface area (Å²) < 4.78 is 40.0. The number of hydrogen-bond acceptors (Lipinski definition) is 3. The van der Waals surface area contributed by atoms with E-state index in [9.17, 15) is 22.7 Å². The molecule has 5 nitrogen and oxygen atoms in total. The highest BCUT2D eigenvalue weighted by atomic mass is 32.2. The van der Waals surface area contributed by atoms with Gasteiger partial charge in [-0.05, 0) is 36.2 Å². The summed E-state index contributed by atoms with van der Waals surface area (Å²) in [4.78, 5) is 11.1. The molecule has 2 N–H and O–H groups in total. The summed E-state index contributed by atoms with van der Waals surface area (Å²) >= 11 is 0. The topological polar surface area (TPSA) is 83.5 Å². The summed E-state index contributed by atoms with van der Waals surface area (Å²) in [5, 5.41) is 9.29. The fourth-order valence-electron chi connectivity index (χ4n) is 2.17. The smallest absolute Gasteiger partial charge is 0.312 e. The van der Waals surface area contributed by atoms with Crippen LogP contribution in [0.3, 0.4) is 0 Å². The van der Waals surface area contributed by atoms with E-state index in [1.165, 1.54) is 12.1 Å². The number of sulfonamides is 1. The van der Waals surface area contributed by atoms with E-state index in [1.54, 1.807) is 37.3 Å². The fourth-order valence-corrected chi connectivity index (χ4v) is 3.33. The number of carboxylic acids is 1. The fraction of sp³-hybridized carbons (Fsp3) is 0.188. The van der Waals surface area contributed by atoms with Crippen LogP contribution in [-0.2, 0) is 14.8 Å². The molecule has 2 rings (SSSR count). The molecular formula is C16H16FNO4S. The number of hydrogen-bond donors (Lipinski definition) is 2. The zero-order valence-electron chi connectivity index (χ0n) is 12.4. The first-order chi connectivity index (χ1) is 10.8. The van der Waals surface area contributed by atoms with Gasteiger partial charge >= 0.3 is 5.97 Å². The Morgan fingerprint density at radius 1 is 1.22 bits per heavy atom. The Hall–Kier alpha value is -2.25. The molecule has 1 unspecified atom stereocenters. The van der Waals surface area contributed by atoms with Gasteiger partial charge in [-0.2, -0.15) is 0 Å². The number of halogens is 1. The second kappa shape index (κ2) is 6.89. The van der Waals surface area contributed by atoms with Gasteiger partial charge in [-0.3, -0.25) is 4.79 Å². The zero-order valence-corrected chi connectivity index (χ0v) is 13.2. The van der Waals surface area contributed by atoms with E-state index in [4.69, 9.17) is 0 Å². The normalized spacial score (nSPS) is 12.8. The first-order valence-electron chi connectivity index (χ1n) is 6.84. The first kappa shape index (κ1) is 17.1. The molecule has 0 aromatic heterocycles. The van der Waals surface area contributed by atoms with Gasteiger partial charge in [0.15, 0.2) is 0 Å². The van der Waals surface area contributed by atoms with Crippen LogP contribution in [0.25, 0.3) is 0 Å². The Bertz CT molecular complexity index is 786. The maximum absolute atomic E-state index is 13.4. The van der Waals surface area contributed by atoms with Crippen molar-refractivity contribution in [1.29, 1.82) is 0 Å². The van der Waals surface area contributed by atoms with Gasteiger partial charge in [0.1, 0.15) is 5.82 Å². The summed E-state index contributed by atoms with van der Waals surface area (Å²) in [6.45, 7) is 1.25. The lowest BCUT2D eigenvalue weighted by atomic mass is 10.00. The molecule has 0 radical (unpaired) electrons. The molecule has 0 spiro atoms. The number of benzene rings is 2. The predicted octanol–water partition coefficient (Wildman–Crippen LogP) is 2.28. The molecule has 0 saturated carbocycles. The van der Waals surface area contributed by atoms with Crippen LogP contribution in [0.5, 0.6) is 0 Å². The van der Waals surface area contributed by atoms with E-state index < -0.39 is 27.7 Å². The van der Waals surface area contributed by atoms with Crippen LogP contribution in [0.1, 0.15) is 17.0 Å². The average Bonchev–Trinajstić information content (AvgIpc) is 2.47. The van der Waals surface area contributed by atoms with Crippen LogP contribution in [0.2, 0.25) is 0 Å². The third-order valence-electron chi connectivity index (χ3n) is 3.30. The van der Waals surface area contributed by atoms with Crippen LogP contribution in [0.15, 0.2) is 53.4 Å². The van der Waals surface area contributed by atoms with Crippen molar-refractivity contribution >= 4 is 16.0 Å². The van der Waals surface area contributed by atoms with E-state index in [0.29, 0.717) is 11.1 Å². The molecule has 0 amide bonds. The number of aryl methyl sites for hydroxylation is 1. The van der Waals surface area contributed by atoms with Gasteiger partial charge in [0, 0.05) is 6.54 Å². The maximum Gasteiger partial charge on any atom is 0.312 e. The summed E-state index contributed by atoms with van der Waals surface area (Å²) in [6.07, 6.45) is 0. The van der Waals surface area contributed by atoms with Gasteiger partial charge in [-0.1, -0.05) is 30.3 Å². The van der Waals surface area contributed by atoms with Crippen molar-refractivity contribution in [3.8, 4) is 0 Å². The minimum Gasteiger partial charge on any atom is -0.481 e. The highest BCUT2D eigenvalue weighted by Crippen LogP contribution is 2.18. The Labute approximate surface area is 133 Å². The highest BCUT2D eigenvalue weighted by molar-refractivity contribution is 7.89. The van der Waals surface area contributed by atoms with Gasteiger partial charge in [-0.15, -0.1) is 0 Å². The van der Waals surface area contributed by atoms with Crippen molar-refractivity contribution < 1.29 is 22.7 Å². The summed E-state index contributed by atoms with van der Waals surface area (Å²) in [6, 6.07) is 11.7. The average molecular weight is 337 g/mol. The molecule has 7 heteroatoms. The number of aliphatic carboxylic acids is 1. The van der Waals surface area contributed by atoms with Gasteiger partial charge in [0.25, 0.3) is 0 Å². The van der Waals surface area contributed by atoms with E-state index in [0.717, 1.165) is 6.07 Å². The van der Waals surface area contributed by atoms with Gasteiger partial charge < -0.3 is 5.11 Å². The minimum absolute atomic E-state index is 0.229. The van der Waals surface area contributed by atoms with Crippen molar-refractivity contribution in [1.82, 2.24) is 4.72 Å². The van der Waals surface area contributed by atoms with Crippen molar-refractivity contribution in [3.63, 3.8) is 0 Å². The Balaban J connectivity index is 2.21. The SMILES string of the molecule is Cc1cc(F)cc(S(=O)(=O)NCC(C(=O)O)c2ccccc2)c1. The number of rotatable bonds is 6. The molecule has 2 aromatic rings. The quantitative estimate of drug-likeness (QED) is 0.847. The maximum atomic E-state index is 13.4. The van der Waals surface area contributed by atoms with Crippen LogP contribution in [0.4, 0.5) is 4.39 Å². The molecule has 0 heterocycles. The standard InChI is InChI=1S/C16H16FNO4S/c1-11-7-13(17)9-14(8-11)23(21,22)18-10-15(16(19)20)12-5-3-2-4-6-12/h2-9,15,18H,10H2,1H3,(H,19,20). The van der Waals surface area contributed by atoms with Crippen LogP contribution in [0, 0.1) is 12.7 Å². The van der Waals surface area contributed by atoms with Gasteiger partial charge in [-0.25, -0.2) is 17.5 Å². The lowest BCUT2D eigenvalue weighted by Crippen LogP contribution is -2.31. The van der Waals surface area contributed by atoms with Crippen LogP contribution >= 0.6 is 0 Å². The monoisotopic (exact) mass is 337 g/mol. The summed E-state index contributed by atoms with van der Waals surface area (Å²) in [5.41, 5.74) is 0.946. The Morgan fingerprint density at radius 2 is 1.87 bits per heavy atom. The first-order valence-corrected chi connectivity index (χ1v) is 8.32. The predicted molar refractivity (Wildman–Crippen MR) is 83.1 cm³/mol. The van der Waals surface area contributed by atoms with E-state index in [2.05, 4.69) is 4.72 Å². The van der Waals surface area contributed by atoms with E-state index in [-0.39, 0.29) is 11.4 Å². The van der Waals surface area contributed by atoms with Crippen molar-refractivity contribution in [2.45, 2.75) is 17.7 Å². The summed E-state index contributed by atoms with van der Waals surface area (Å²) in [5.74, 6) is -2.84. The van der Waals surface area contributed by atoms with Gasteiger partial charge in [0.05, 0.1) is 10.8 Å². The Kier molecular flexibility index (Phi) is 5.12. The minimum atomic E-state index is -4.00. The lowest BCUT2D eigenvalue weighted by Gasteiger charge is -2.14. The third-order valence-corrected chi connectivity index (χ3v) is 4.71. The molecule has 0 aliphatic rings. The van der Waals surface area contributed by atoms with Crippen LogP contribution in [-0.4, -0.2) is 26.0 Å². The molecule has 0 aliphatic carbocycles. The largest absolute Gasteiger partial charge is 0.481 e. The van der Waals surface area contributed by atoms with Crippen molar-refractivity contribution in [2.24, 2.45) is 0 Å². The molecular weight excluding hydrogens is 321 g/mol. The molecule has 23 heavy (non-hydrogen) atoms. The molecule has 0 saturated heterocycles. The number of carboxylic acid groups (broad SMARTS) is 1. The van der Waals surface area contributed by atoms with Gasteiger partial charge in [0.2, 0.25) is 10.0 Å².